The average Bonchev–Trinajstić information content (AvgIpc) is 3.30. The Morgan fingerprint density at radius 1 is 1.00 bits per heavy atom. The molecule has 11 heteroatoms. The Labute approximate surface area is 255 Å². The summed E-state index contributed by atoms with van der Waals surface area (Å²) in [6.45, 7) is 2.26. The van der Waals surface area contributed by atoms with Crippen molar-refractivity contribution in [1.29, 1.82) is 0 Å². The van der Waals surface area contributed by atoms with Gasteiger partial charge in [0.2, 0.25) is 11.8 Å². The number of fused-ring (bicyclic) bond motifs is 4. The predicted molar refractivity (Wildman–Crippen MR) is 155 cm³/mol. The number of nitrogens with zero attached hydrogens (tertiary/aromatic N) is 2. The quantitative estimate of drug-likeness (QED) is 0.208. The van der Waals surface area contributed by atoms with Gasteiger partial charge in [-0.2, -0.15) is 0 Å². The first-order valence-electron chi connectivity index (χ1n) is 13.4. The fraction of sp³-hybridized carbons (Fsp3) is 0.400. The van der Waals surface area contributed by atoms with Crippen LogP contribution in [0.25, 0.3) is 0 Å². The Kier molecular flexibility index (Phi) is 6.98. The van der Waals surface area contributed by atoms with Crippen LogP contribution in [-0.2, 0) is 25.8 Å². The SMILES string of the molecule is CCN1C(=O)C2CC=C3C(CC4(Cl)C(=O)N(CBr)C(=O)C4(Cl)C3c3ccc(OCc4ccccc4)cc3O)C2C1=O. The van der Waals surface area contributed by atoms with Crippen LogP contribution in [0, 0.1) is 17.8 Å². The Bertz CT molecular complexity index is 1500. The van der Waals surface area contributed by atoms with Crippen LogP contribution in [0.3, 0.4) is 0 Å². The summed E-state index contributed by atoms with van der Waals surface area (Å²) < 4.78 is 5.88. The Balaban J connectivity index is 1.45. The van der Waals surface area contributed by atoms with Crippen molar-refractivity contribution in [3.63, 3.8) is 0 Å². The van der Waals surface area contributed by atoms with Gasteiger partial charge in [-0.05, 0) is 37.3 Å². The summed E-state index contributed by atoms with van der Waals surface area (Å²) in [6, 6.07) is 14.3. The Morgan fingerprint density at radius 3 is 2.39 bits per heavy atom. The van der Waals surface area contributed by atoms with E-state index in [0.29, 0.717) is 11.3 Å². The zero-order valence-electron chi connectivity index (χ0n) is 22.1. The van der Waals surface area contributed by atoms with Gasteiger partial charge >= 0.3 is 0 Å². The molecule has 2 aliphatic heterocycles. The van der Waals surface area contributed by atoms with Crippen LogP contribution in [-0.4, -0.2) is 60.3 Å². The summed E-state index contributed by atoms with van der Waals surface area (Å²) in [6.07, 6.45) is 2.03. The maximum absolute atomic E-state index is 13.8. The molecule has 8 nitrogen and oxygen atoms in total. The second-order valence-electron chi connectivity index (χ2n) is 10.9. The van der Waals surface area contributed by atoms with Crippen molar-refractivity contribution in [2.75, 3.05) is 12.0 Å². The van der Waals surface area contributed by atoms with Crippen LogP contribution in [0.5, 0.6) is 11.5 Å². The number of benzene rings is 2. The fourth-order valence-corrected chi connectivity index (χ4v) is 8.49. The molecule has 41 heavy (non-hydrogen) atoms. The average molecular weight is 662 g/mol. The highest BCUT2D eigenvalue weighted by Crippen LogP contribution is 2.66. The number of allylic oxidation sites excluding steroid dienone is 2. The van der Waals surface area contributed by atoms with Crippen molar-refractivity contribution < 1.29 is 29.0 Å². The number of carbonyl (C=O) groups is 4. The number of hydrogen-bond donors (Lipinski definition) is 1. The Hall–Kier alpha value is -2.88. The summed E-state index contributed by atoms with van der Waals surface area (Å²) in [5.74, 6) is -4.71. The molecule has 3 fully saturated rings. The molecule has 6 rings (SSSR count). The molecular weight excluding hydrogens is 635 g/mol. The molecule has 0 bridgehead atoms. The van der Waals surface area contributed by atoms with Gasteiger partial charge in [0.15, 0.2) is 9.75 Å². The van der Waals surface area contributed by atoms with E-state index in [-0.39, 0.29) is 54.6 Å². The number of amides is 4. The number of alkyl halides is 3. The molecule has 2 aliphatic carbocycles. The molecule has 0 spiro atoms. The lowest BCUT2D eigenvalue weighted by Gasteiger charge is -2.50. The minimum Gasteiger partial charge on any atom is -0.508 e. The molecular formula is C30H27BrCl2N2O6. The first-order chi connectivity index (χ1) is 19.6. The van der Waals surface area contributed by atoms with E-state index in [1.54, 1.807) is 19.1 Å². The number of likely N-dealkylation sites (tertiary alicyclic amines) is 2. The maximum Gasteiger partial charge on any atom is 0.254 e. The fourth-order valence-electron chi connectivity index (χ4n) is 7.07. The lowest BCUT2D eigenvalue weighted by molar-refractivity contribution is -0.141. The van der Waals surface area contributed by atoms with E-state index in [9.17, 15) is 24.3 Å². The van der Waals surface area contributed by atoms with Gasteiger partial charge in [0, 0.05) is 24.1 Å². The molecule has 2 heterocycles. The number of ether oxygens (including phenoxy) is 1. The van der Waals surface area contributed by atoms with Crippen LogP contribution in [0.15, 0.2) is 60.2 Å². The monoisotopic (exact) mass is 660 g/mol. The minimum atomic E-state index is -1.98. The van der Waals surface area contributed by atoms with Crippen molar-refractivity contribution in [2.45, 2.75) is 42.0 Å². The van der Waals surface area contributed by atoms with Gasteiger partial charge in [-0.25, -0.2) is 0 Å². The number of imide groups is 2. The van der Waals surface area contributed by atoms with Gasteiger partial charge in [-0.3, -0.25) is 29.0 Å². The number of hydrogen-bond acceptors (Lipinski definition) is 6. The van der Waals surface area contributed by atoms with E-state index in [4.69, 9.17) is 27.9 Å². The lowest BCUT2D eigenvalue weighted by atomic mass is 9.56. The number of halogens is 3. The topological polar surface area (TPSA) is 104 Å². The van der Waals surface area contributed by atoms with Crippen LogP contribution < -0.4 is 4.74 Å². The molecule has 214 valence electrons. The van der Waals surface area contributed by atoms with Gasteiger partial charge in [0.05, 0.1) is 17.3 Å². The number of aromatic hydroxyl groups is 1. The summed E-state index contributed by atoms with van der Waals surface area (Å²) in [5.41, 5.74) is 1.74. The van der Waals surface area contributed by atoms with Crippen molar-refractivity contribution in [1.82, 2.24) is 9.80 Å². The maximum atomic E-state index is 13.8. The molecule has 2 aromatic carbocycles. The first kappa shape index (κ1) is 28.2. The molecule has 1 N–H and O–H groups in total. The molecule has 1 saturated carbocycles. The van der Waals surface area contributed by atoms with E-state index in [2.05, 4.69) is 15.9 Å². The van der Waals surface area contributed by atoms with E-state index >= 15 is 0 Å². The van der Waals surface area contributed by atoms with E-state index < -0.39 is 45.2 Å². The first-order valence-corrected chi connectivity index (χ1v) is 15.3. The molecule has 2 saturated heterocycles. The van der Waals surface area contributed by atoms with E-state index in [1.807, 2.05) is 36.4 Å². The number of phenolic OH excluding ortho intramolecular Hbond substituents is 1. The minimum absolute atomic E-state index is 0.0920. The number of rotatable bonds is 6. The molecule has 2 aromatic rings. The molecule has 6 unspecified atom stereocenters. The second-order valence-corrected chi connectivity index (χ2v) is 12.6. The van der Waals surface area contributed by atoms with Gasteiger partial charge in [-0.15, -0.1) is 23.2 Å². The summed E-state index contributed by atoms with van der Waals surface area (Å²) in [4.78, 5) is 52.4. The van der Waals surface area contributed by atoms with Crippen molar-refractivity contribution in [3.8, 4) is 11.5 Å². The number of phenols is 1. The highest BCUT2D eigenvalue weighted by molar-refractivity contribution is 9.09. The zero-order valence-corrected chi connectivity index (χ0v) is 25.2. The van der Waals surface area contributed by atoms with Gasteiger partial charge < -0.3 is 9.84 Å². The van der Waals surface area contributed by atoms with Crippen LogP contribution >= 0.6 is 39.1 Å². The van der Waals surface area contributed by atoms with Gasteiger partial charge in [-0.1, -0.05) is 64.0 Å². The molecule has 0 radical (unpaired) electrons. The smallest absolute Gasteiger partial charge is 0.254 e. The molecule has 6 atom stereocenters. The molecule has 0 aromatic heterocycles. The third kappa shape index (κ3) is 3.92. The summed E-state index contributed by atoms with van der Waals surface area (Å²) in [5, 5.41) is 11.3. The van der Waals surface area contributed by atoms with Crippen molar-refractivity contribution >= 4 is 62.8 Å². The molecule has 4 amide bonds. The lowest BCUT2D eigenvalue weighted by Crippen LogP contribution is -2.60. The van der Waals surface area contributed by atoms with Gasteiger partial charge in [0.1, 0.15) is 18.1 Å². The normalized spacial score (nSPS) is 32.5. The predicted octanol–water partition coefficient (Wildman–Crippen LogP) is 4.70. The summed E-state index contributed by atoms with van der Waals surface area (Å²) in [7, 11) is 0. The third-order valence-electron chi connectivity index (χ3n) is 8.98. The van der Waals surface area contributed by atoms with Crippen molar-refractivity contribution in [3.05, 3.63) is 71.3 Å². The van der Waals surface area contributed by atoms with Crippen molar-refractivity contribution in [2.24, 2.45) is 17.8 Å². The highest BCUT2D eigenvalue weighted by atomic mass is 79.9. The highest BCUT2D eigenvalue weighted by Gasteiger charge is 2.76. The van der Waals surface area contributed by atoms with Crippen LogP contribution in [0.4, 0.5) is 0 Å². The largest absolute Gasteiger partial charge is 0.508 e. The standard InChI is InChI=1S/C30H27BrCl2N2O6/c1-2-34-25(37)20-11-10-18-21(23(20)26(34)38)13-29(32)27(39)35(15-31)28(40)30(29,33)24(18)19-9-8-17(12-22(19)36)41-14-16-6-4-3-5-7-16/h3-10,12,20-21,23-24,36H,2,11,13-15H2,1H3. The van der Waals surface area contributed by atoms with E-state index in [1.165, 1.54) is 11.0 Å². The second kappa shape index (κ2) is 10.1. The van der Waals surface area contributed by atoms with E-state index in [0.717, 1.165) is 10.5 Å². The third-order valence-corrected chi connectivity index (χ3v) is 10.9. The van der Waals surface area contributed by atoms with Crippen LogP contribution in [0.1, 0.15) is 36.8 Å². The molecule has 4 aliphatic rings. The van der Waals surface area contributed by atoms with Crippen LogP contribution in [0.2, 0.25) is 0 Å². The zero-order chi connectivity index (χ0) is 29.3. The Morgan fingerprint density at radius 2 is 1.73 bits per heavy atom. The summed E-state index contributed by atoms with van der Waals surface area (Å²) >= 11 is 17.6. The number of carbonyl (C=O) groups excluding carboxylic acids is 4. The van der Waals surface area contributed by atoms with Gasteiger partial charge in [0.25, 0.3) is 11.8 Å².